The van der Waals surface area contributed by atoms with Crippen molar-refractivity contribution in [3.63, 3.8) is 0 Å². The van der Waals surface area contributed by atoms with Gasteiger partial charge in [-0.1, -0.05) is 47.5 Å². The molecule has 0 bridgehead atoms. The van der Waals surface area contributed by atoms with E-state index in [-0.39, 0.29) is 24.5 Å². The number of carbonyl (C=O) groups is 2. The van der Waals surface area contributed by atoms with Gasteiger partial charge >= 0.3 is 0 Å². The Morgan fingerprint density at radius 2 is 1.76 bits per heavy atom. The first-order chi connectivity index (χ1) is 16.5. The van der Waals surface area contributed by atoms with Crippen LogP contribution in [0.2, 0.25) is 10.0 Å². The molecular formula is C25H17Cl2NO5S. The summed E-state index contributed by atoms with van der Waals surface area (Å²) in [6, 6.07) is 18.1. The van der Waals surface area contributed by atoms with Crippen molar-refractivity contribution in [3.8, 4) is 17.2 Å². The van der Waals surface area contributed by atoms with Crippen LogP contribution in [0.3, 0.4) is 0 Å². The Labute approximate surface area is 210 Å². The Balaban J connectivity index is 1.29. The van der Waals surface area contributed by atoms with E-state index in [1.165, 1.54) is 4.90 Å². The molecule has 1 fully saturated rings. The minimum absolute atomic E-state index is 0.0434. The lowest BCUT2D eigenvalue weighted by Crippen LogP contribution is -2.27. The van der Waals surface area contributed by atoms with Crippen LogP contribution in [0, 0.1) is 0 Å². The molecule has 0 saturated carbocycles. The number of imide groups is 1. The molecule has 34 heavy (non-hydrogen) atoms. The van der Waals surface area contributed by atoms with Crippen LogP contribution in [-0.4, -0.2) is 22.8 Å². The van der Waals surface area contributed by atoms with E-state index >= 15 is 0 Å². The van der Waals surface area contributed by atoms with Gasteiger partial charge in [0.25, 0.3) is 11.1 Å². The zero-order valence-electron chi connectivity index (χ0n) is 17.6. The maximum atomic E-state index is 13.0. The fraction of sp³-hybridized carbons (Fsp3) is 0.120. The van der Waals surface area contributed by atoms with Crippen LogP contribution < -0.4 is 14.2 Å². The van der Waals surface area contributed by atoms with E-state index < -0.39 is 0 Å². The largest absolute Gasteiger partial charge is 0.489 e. The van der Waals surface area contributed by atoms with Gasteiger partial charge in [-0.15, -0.1) is 0 Å². The third-order valence-electron chi connectivity index (χ3n) is 5.22. The Hall–Kier alpha value is -3.13. The number of nitrogens with zero attached hydrogens (tertiary/aromatic N) is 1. The minimum Gasteiger partial charge on any atom is -0.489 e. The van der Waals surface area contributed by atoms with Crippen molar-refractivity contribution in [1.29, 1.82) is 0 Å². The van der Waals surface area contributed by atoms with Gasteiger partial charge < -0.3 is 14.2 Å². The van der Waals surface area contributed by atoms with Gasteiger partial charge in [0.15, 0.2) is 11.5 Å². The van der Waals surface area contributed by atoms with Crippen LogP contribution in [0.4, 0.5) is 4.79 Å². The second-order valence-electron chi connectivity index (χ2n) is 7.55. The molecule has 3 aromatic carbocycles. The number of fused-ring (bicyclic) bond motifs is 1. The standard InChI is InChI=1S/C25H17Cl2NO5S/c26-18-6-4-15(5-7-18)13-31-19-3-1-2-16(8-19)9-23-24(29)28(25(30)34-23)12-17-10-21-22(11-20(17)27)33-14-32-21/h1-11H,12-14H2/b23-9-. The van der Waals surface area contributed by atoms with Gasteiger partial charge in [0.2, 0.25) is 6.79 Å². The van der Waals surface area contributed by atoms with Gasteiger partial charge in [0.05, 0.1) is 11.4 Å². The molecule has 1 saturated heterocycles. The zero-order valence-corrected chi connectivity index (χ0v) is 20.0. The molecule has 2 aliphatic heterocycles. The fourth-order valence-corrected chi connectivity index (χ4v) is 4.66. The molecule has 0 N–H and O–H groups in total. The van der Waals surface area contributed by atoms with E-state index in [0.29, 0.717) is 44.4 Å². The average molecular weight is 514 g/mol. The Morgan fingerprint density at radius 1 is 1.00 bits per heavy atom. The monoisotopic (exact) mass is 513 g/mol. The van der Waals surface area contributed by atoms with Crippen LogP contribution >= 0.6 is 35.0 Å². The van der Waals surface area contributed by atoms with E-state index in [4.69, 9.17) is 37.4 Å². The smallest absolute Gasteiger partial charge is 0.293 e. The van der Waals surface area contributed by atoms with Crippen molar-refractivity contribution in [2.24, 2.45) is 0 Å². The second-order valence-corrected chi connectivity index (χ2v) is 9.39. The summed E-state index contributed by atoms with van der Waals surface area (Å²) in [6.07, 6.45) is 1.68. The summed E-state index contributed by atoms with van der Waals surface area (Å²) < 4.78 is 16.5. The molecular weight excluding hydrogens is 497 g/mol. The number of ether oxygens (including phenoxy) is 3. The normalized spacial score (nSPS) is 15.9. The fourth-order valence-electron chi connectivity index (χ4n) is 3.48. The van der Waals surface area contributed by atoms with Gasteiger partial charge in [-0.3, -0.25) is 14.5 Å². The quantitative estimate of drug-likeness (QED) is 0.348. The average Bonchev–Trinajstić information content (AvgIpc) is 3.38. The highest BCUT2D eigenvalue weighted by Gasteiger charge is 2.35. The summed E-state index contributed by atoms with van der Waals surface area (Å²) >= 11 is 13.1. The predicted octanol–water partition coefficient (Wildman–Crippen LogP) is 6.54. The molecule has 3 aromatic rings. The van der Waals surface area contributed by atoms with Crippen LogP contribution in [0.15, 0.2) is 65.6 Å². The van der Waals surface area contributed by atoms with E-state index in [1.807, 2.05) is 48.5 Å². The van der Waals surface area contributed by atoms with Crippen molar-refractivity contribution < 1.29 is 23.8 Å². The summed E-state index contributed by atoms with van der Waals surface area (Å²) in [6.45, 7) is 0.539. The Bertz CT molecular complexity index is 1310. The number of hydrogen-bond acceptors (Lipinski definition) is 6. The van der Waals surface area contributed by atoms with Crippen molar-refractivity contribution in [3.05, 3.63) is 92.3 Å². The number of hydrogen-bond donors (Lipinski definition) is 0. The van der Waals surface area contributed by atoms with Gasteiger partial charge in [0, 0.05) is 16.1 Å². The summed E-state index contributed by atoms with van der Waals surface area (Å²) in [5.74, 6) is 1.35. The lowest BCUT2D eigenvalue weighted by molar-refractivity contribution is -0.123. The van der Waals surface area contributed by atoms with Crippen LogP contribution in [0.25, 0.3) is 6.08 Å². The Kier molecular flexibility index (Phi) is 6.41. The third kappa shape index (κ3) is 4.87. The first-order valence-corrected chi connectivity index (χ1v) is 11.8. The van der Waals surface area contributed by atoms with Gasteiger partial charge in [-0.05, 0) is 64.9 Å². The van der Waals surface area contributed by atoms with Crippen LogP contribution in [0.5, 0.6) is 17.2 Å². The highest BCUT2D eigenvalue weighted by atomic mass is 35.5. The topological polar surface area (TPSA) is 65.1 Å². The van der Waals surface area contributed by atoms with Crippen molar-refractivity contribution >= 4 is 52.2 Å². The van der Waals surface area contributed by atoms with Crippen molar-refractivity contribution in [1.82, 2.24) is 4.90 Å². The van der Waals surface area contributed by atoms with E-state index in [2.05, 4.69) is 0 Å². The molecule has 0 aliphatic carbocycles. The number of amides is 2. The molecule has 0 aromatic heterocycles. The SMILES string of the molecule is O=C1S/C(=C\c2cccc(OCc3ccc(Cl)cc3)c2)C(=O)N1Cc1cc2c(cc1Cl)OCO2. The molecule has 0 radical (unpaired) electrons. The van der Waals surface area contributed by atoms with Crippen LogP contribution in [0.1, 0.15) is 16.7 Å². The molecule has 0 atom stereocenters. The molecule has 2 heterocycles. The lowest BCUT2D eigenvalue weighted by Gasteiger charge is -2.14. The molecule has 0 unspecified atom stereocenters. The second kappa shape index (κ2) is 9.62. The molecule has 9 heteroatoms. The number of thioether (sulfide) groups is 1. The molecule has 2 amide bonds. The molecule has 5 rings (SSSR count). The van der Waals surface area contributed by atoms with E-state index in [0.717, 1.165) is 22.9 Å². The summed E-state index contributed by atoms with van der Waals surface area (Å²) in [5.41, 5.74) is 2.34. The Morgan fingerprint density at radius 3 is 2.56 bits per heavy atom. The van der Waals surface area contributed by atoms with E-state index in [9.17, 15) is 9.59 Å². The van der Waals surface area contributed by atoms with Gasteiger partial charge in [0.1, 0.15) is 12.4 Å². The van der Waals surface area contributed by atoms with Gasteiger partial charge in [-0.2, -0.15) is 0 Å². The van der Waals surface area contributed by atoms with Crippen molar-refractivity contribution in [2.45, 2.75) is 13.2 Å². The molecule has 6 nitrogen and oxygen atoms in total. The number of halogens is 2. The maximum Gasteiger partial charge on any atom is 0.293 e. The van der Waals surface area contributed by atoms with E-state index in [1.54, 1.807) is 18.2 Å². The maximum absolute atomic E-state index is 13.0. The highest BCUT2D eigenvalue weighted by Crippen LogP contribution is 2.39. The van der Waals surface area contributed by atoms with Crippen molar-refractivity contribution in [2.75, 3.05) is 6.79 Å². The third-order valence-corrected chi connectivity index (χ3v) is 6.73. The number of carbonyl (C=O) groups excluding carboxylic acids is 2. The van der Waals surface area contributed by atoms with Crippen LogP contribution in [-0.2, 0) is 17.9 Å². The van der Waals surface area contributed by atoms with Gasteiger partial charge in [-0.25, -0.2) is 0 Å². The predicted molar refractivity (Wildman–Crippen MR) is 131 cm³/mol. The number of benzene rings is 3. The molecule has 0 spiro atoms. The summed E-state index contributed by atoms with van der Waals surface area (Å²) in [7, 11) is 0. The first-order valence-electron chi connectivity index (χ1n) is 10.3. The summed E-state index contributed by atoms with van der Waals surface area (Å²) in [4.78, 5) is 27.0. The minimum atomic E-state index is -0.379. The number of rotatable bonds is 6. The molecule has 2 aliphatic rings. The lowest BCUT2D eigenvalue weighted by atomic mass is 10.1. The molecule has 172 valence electrons. The first kappa shape index (κ1) is 22.7. The zero-order chi connectivity index (χ0) is 23.7. The summed E-state index contributed by atoms with van der Waals surface area (Å²) in [5, 5.41) is 0.707. The highest BCUT2D eigenvalue weighted by molar-refractivity contribution is 8.18.